The predicted molar refractivity (Wildman–Crippen MR) is 116 cm³/mol. The summed E-state index contributed by atoms with van der Waals surface area (Å²) in [5.41, 5.74) is 8.62. The zero-order valence-corrected chi connectivity index (χ0v) is 16.1. The van der Waals surface area contributed by atoms with E-state index in [2.05, 4.69) is 74.3 Å². The van der Waals surface area contributed by atoms with Gasteiger partial charge >= 0.3 is 0 Å². The van der Waals surface area contributed by atoms with Gasteiger partial charge in [-0.1, -0.05) is 81.0 Å². The fourth-order valence-corrected chi connectivity index (χ4v) is 4.11. The summed E-state index contributed by atoms with van der Waals surface area (Å²) in [4.78, 5) is 4.95. The second kappa shape index (κ2) is 7.92. The average Bonchev–Trinajstić information content (AvgIpc) is 3.28. The monoisotopic (exact) mass is 353 g/mol. The smallest absolute Gasteiger partial charge is 0.0780 e. The second-order valence-corrected chi connectivity index (χ2v) is 7.52. The van der Waals surface area contributed by atoms with E-state index in [1.807, 2.05) is 6.08 Å². The molecule has 1 aliphatic rings. The van der Waals surface area contributed by atoms with E-state index < -0.39 is 0 Å². The zero-order chi connectivity index (χ0) is 18.6. The molecule has 1 aliphatic carbocycles. The molecule has 3 aromatic rings. The van der Waals surface area contributed by atoms with Gasteiger partial charge in [0.2, 0.25) is 0 Å². The molecule has 1 nitrogen and oxygen atoms in total. The lowest BCUT2D eigenvalue weighted by atomic mass is 9.92. The van der Waals surface area contributed by atoms with Crippen LogP contribution in [0.15, 0.2) is 67.4 Å². The van der Waals surface area contributed by atoms with Crippen LogP contribution >= 0.6 is 0 Å². The molecule has 0 spiro atoms. The summed E-state index contributed by atoms with van der Waals surface area (Å²) in [5.74, 6) is 0.667. The van der Waals surface area contributed by atoms with E-state index >= 15 is 0 Å². The van der Waals surface area contributed by atoms with Crippen LogP contribution in [0, 0.1) is 0 Å². The normalized spacial score (nSPS) is 14.4. The summed E-state index contributed by atoms with van der Waals surface area (Å²) in [6.45, 7) is 6.06. The van der Waals surface area contributed by atoms with Gasteiger partial charge in [0.25, 0.3) is 0 Å². The molecular weight excluding hydrogens is 326 g/mol. The lowest BCUT2D eigenvalue weighted by Crippen LogP contribution is -1.97. The van der Waals surface area contributed by atoms with Crippen molar-refractivity contribution in [3.63, 3.8) is 0 Å². The van der Waals surface area contributed by atoms with E-state index in [0.29, 0.717) is 5.92 Å². The third kappa shape index (κ3) is 3.73. The highest BCUT2D eigenvalue weighted by Crippen LogP contribution is 2.38. The van der Waals surface area contributed by atoms with Crippen molar-refractivity contribution in [1.29, 1.82) is 0 Å². The van der Waals surface area contributed by atoms with Gasteiger partial charge in [0.05, 0.1) is 5.69 Å². The first kappa shape index (κ1) is 17.7. The highest BCUT2D eigenvalue weighted by molar-refractivity contribution is 5.81. The van der Waals surface area contributed by atoms with Crippen LogP contribution in [0.4, 0.5) is 0 Å². The second-order valence-electron chi connectivity index (χ2n) is 7.52. The van der Waals surface area contributed by atoms with E-state index in [9.17, 15) is 0 Å². The standard InChI is InChI=1S/C26H27N/c1-3-19-9-13-22(14-10-19)25-17-24(21-7-5-6-8-21)18-27-26(25)23-15-11-20(4-2)12-16-23/h3,9-18,21H,1,4-8H2,2H3. The first-order valence-electron chi connectivity index (χ1n) is 10.1. The van der Waals surface area contributed by atoms with Crippen LogP contribution in [-0.4, -0.2) is 4.98 Å². The van der Waals surface area contributed by atoms with Gasteiger partial charge in [-0.05, 0) is 53.5 Å². The van der Waals surface area contributed by atoms with Crippen molar-refractivity contribution >= 4 is 6.08 Å². The van der Waals surface area contributed by atoms with Crippen molar-refractivity contribution in [3.8, 4) is 22.4 Å². The van der Waals surface area contributed by atoms with Gasteiger partial charge in [-0.15, -0.1) is 0 Å². The number of rotatable bonds is 5. The molecule has 0 unspecified atom stereocenters. The number of benzene rings is 2. The van der Waals surface area contributed by atoms with Crippen LogP contribution in [0.3, 0.4) is 0 Å². The molecule has 27 heavy (non-hydrogen) atoms. The van der Waals surface area contributed by atoms with Crippen molar-refractivity contribution < 1.29 is 0 Å². The Balaban J connectivity index is 1.81. The summed E-state index contributed by atoms with van der Waals surface area (Å²) in [6.07, 6.45) is 10.3. The zero-order valence-electron chi connectivity index (χ0n) is 16.1. The molecule has 136 valence electrons. The van der Waals surface area contributed by atoms with Crippen molar-refractivity contribution in [3.05, 3.63) is 84.1 Å². The molecule has 2 aromatic carbocycles. The Kier molecular flexibility index (Phi) is 5.20. The van der Waals surface area contributed by atoms with E-state index in [1.54, 1.807) is 0 Å². The quantitative estimate of drug-likeness (QED) is 0.469. The van der Waals surface area contributed by atoms with Crippen LogP contribution in [0.5, 0.6) is 0 Å². The van der Waals surface area contributed by atoms with Crippen LogP contribution < -0.4 is 0 Å². The summed E-state index contributed by atoms with van der Waals surface area (Å²) in [5, 5.41) is 0. The Morgan fingerprint density at radius 3 is 2.26 bits per heavy atom. The van der Waals surface area contributed by atoms with E-state index in [1.165, 1.54) is 53.5 Å². The molecule has 0 bridgehead atoms. The molecule has 1 fully saturated rings. The molecule has 0 amide bonds. The average molecular weight is 354 g/mol. The van der Waals surface area contributed by atoms with Gasteiger partial charge in [-0.3, -0.25) is 4.98 Å². The lowest BCUT2D eigenvalue weighted by Gasteiger charge is -2.15. The fraction of sp³-hybridized carbons (Fsp3) is 0.269. The first-order chi connectivity index (χ1) is 13.3. The Labute approximate surface area is 162 Å². The number of hydrogen-bond donors (Lipinski definition) is 0. The maximum Gasteiger partial charge on any atom is 0.0780 e. The maximum atomic E-state index is 4.95. The van der Waals surface area contributed by atoms with Gasteiger partial charge < -0.3 is 0 Å². The predicted octanol–water partition coefficient (Wildman–Crippen LogP) is 7.28. The SMILES string of the molecule is C=Cc1ccc(-c2cc(C3CCCC3)cnc2-c2ccc(CC)cc2)cc1. The Hall–Kier alpha value is -2.67. The third-order valence-electron chi connectivity index (χ3n) is 5.83. The topological polar surface area (TPSA) is 12.9 Å². The van der Waals surface area contributed by atoms with Crippen LogP contribution in [-0.2, 0) is 6.42 Å². The summed E-state index contributed by atoms with van der Waals surface area (Å²) >= 11 is 0. The van der Waals surface area contributed by atoms with Gasteiger partial charge in [0.1, 0.15) is 0 Å². The minimum Gasteiger partial charge on any atom is -0.255 e. The largest absolute Gasteiger partial charge is 0.255 e. The van der Waals surface area contributed by atoms with E-state index in [0.717, 1.165) is 17.7 Å². The first-order valence-corrected chi connectivity index (χ1v) is 10.1. The molecule has 1 aromatic heterocycles. The van der Waals surface area contributed by atoms with Crippen LogP contribution in [0.25, 0.3) is 28.5 Å². The fourth-order valence-electron chi connectivity index (χ4n) is 4.11. The molecule has 1 heterocycles. The summed E-state index contributed by atoms with van der Waals surface area (Å²) in [6, 6.07) is 19.9. The van der Waals surface area contributed by atoms with Crippen molar-refractivity contribution in [1.82, 2.24) is 4.98 Å². The molecule has 0 N–H and O–H groups in total. The van der Waals surface area contributed by atoms with Gasteiger partial charge in [-0.2, -0.15) is 0 Å². The maximum absolute atomic E-state index is 4.95. The molecule has 1 heteroatoms. The minimum atomic E-state index is 0.667. The summed E-state index contributed by atoms with van der Waals surface area (Å²) in [7, 11) is 0. The molecule has 1 saturated carbocycles. The van der Waals surface area contributed by atoms with Gasteiger partial charge in [0, 0.05) is 17.3 Å². The highest BCUT2D eigenvalue weighted by Gasteiger charge is 2.19. The third-order valence-corrected chi connectivity index (χ3v) is 5.83. The number of nitrogens with zero attached hydrogens (tertiary/aromatic N) is 1. The minimum absolute atomic E-state index is 0.667. The molecule has 0 radical (unpaired) electrons. The number of hydrogen-bond acceptors (Lipinski definition) is 1. The van der Waals surface area contributed by atoms with E-state index in [-0.39, 0.29) is 0 Å². The molecular formula is C26H27N. The number of aryl methyl sites for hydroxylation is 1. The molecule has 0 aliphatic heterocycles. The molecule has 4 rings (SSSR count). The van der Waals surface area contributed by atoms with Crippen LogP contribution in [0.1, 0.15) is 55.2 Å². The van der Waals surface area contributed by atoms with Gasteiger partial charge in [-0.25, -0.2) is 0 Å². The molecule has 0 saturated heterocycles. The number of pyridine rings is 1. The van der Waals surface area contributed by atoms with Gasteiger partial charge in [0.15, 0.2) is 0 Å². The highest BCUT2D eigenvalue weighted by atomic mass is 14.7. The summed E-state index contributed by atoms with van der Waals surface area (Å²) < 4.78 is 0. The lowest BCUT2D eigenvalue weighted by molar-refractivity contribution is 0.720. The Morgan fingerprint density at radius 1 is 0.963 bits per heavy atom. The van der Waals surface area contributed by atoms with Crippen molar-refractivity contribution in [2.45, 2.75) is 44.9 Å². The van der Waals surface area contributed by atoms with Crippen molar-refractivity contribution in [2.75, 3.05) is 0 Å². The van der Waals surface area contributed by atoms with E-state index in [4.69, 9.17) is 4.98 Å². The van der Waals surface area contributed by atoms with Crippen LogP contribution in [0.2, 0.25) is 0 Å². The number of aromatic nitrogens is 1. The molecule has 0 atom stereocenters. The Morgan fingerprint density at radius 2 is 1.63 bits per heavy atom. The van der Waals surface area contributed by atoms with Crippen molar-refractivity contribution in [2.24, 2.45) is 0 Å². The Bertz CT molecular complexity index is 913.